The first kappa shape index (κ1) is 10.5. The van der Waals surface area contributed by atoms with Crippen molar-refractivity contribution in [1.82, 2.24) is 0 Å². The Labute approximate surface area is 83.7 Å². The average Bonchev–Trinajstić information content (AvgIpc) is 1.95. The summed E-state index contributed by atoms with van der Waals surface area (Å²) < 4.78 is 13.4. The third-order valence-electron chi connectivity index (χ3n) is 2.03. The lowest BCUT2D eigenvalue weighted by molar-refractivity contribution is 0.522. The lowest BCUT2D eigenvalue weighted by atomic mass is 9.85. The summed E-state index contributed by atoms with van der Waals surface area (Å²) in [5.74, 6) is -0.219. The van der Waals surface area contributed by atoms with Crippen LogP contribution in [0.15, 0.2) is 12.1 Å². The van der Waals surface area contributed by atoms with Gasteiger partial charge >= 0.3 is 0 Å². The van der Waals surface area contributed by atoms with Crippen molar-refractivity contribution in [3.05, 3.63) is 34.1 Å². The van der Waals surface area contributed by atoms with Crippen LogP contribution in [0.1, 0.15) is 31.9 Å². The first-order valence-corrected chi connectivity index (χ1v) is 4.67. The second-order valence-corrected chi connectivity index (χ2v) is 4.68. The third-order valence-corrected chi connectivity index (χ3v) is 2.52. The van der Waals surface area contributed by atoms with Crippen LogP contribution in [-0.4, -0.2) is 0 Å². The Morgan fingerprint density at radius 2 is 1.77 bits per heavy atom. The maximum Gasteiger partial charge on any atom is 0.128 e. The first-order chi connectivity index (χ1) is 5.84. The van der Waals surface area contributed by atoms with Gasteiger partial charge in [-0.05, 0) is 24.0 Å². The summed E-state index contributed by atoms with van der Waals surface area (Å²) in [5, 5.41) is 0.549. The molecule has 1 aromatic carbocycles. The van der Waals surface area contributed by atoms with Crippen LogP contribution in [0.5, 0.6) is 0 Å². The molecule has 0 fully saturated rings. The van der Waals surface area contributed by atoms with Crippen molar-refractivity contribution in [2.24, 2.45) is 0 Å². The molecule has 13 heavy (non-hydrogen) atoms. The molecule has 0 nitrogen and oxygen atoms in total. The molecule has 0 amide bonds. The topological polar surface area (TPSA) is 0 Å². The molecule has 0 aliphatic heterocycles. The standard InChI is InChI=1S/C11H14ClF/c1-7-5-6-8(13)9(10(7)12)11(2,3)4/h5-6H,1-4H3. The molecule has 72 valence electrons. The summed E-state index contributed by atoms with van der Waals surface area (Å²) in [5.41, 5.74) is 1.29. The minimum atomic E-state index is -0.243. The van der Waals surface area contributed by atoms with Crippen LogP contribution in [0.3, 0.4) is 0 Å². The third kappa shape index (κ3) is 2.02. The fraction of sp³-hybridized carbons (Fsp3) is 0.455. The van der Waals surface area contributed by atoms with Crippen molar-refractivity contribution >= 4 is 11.6 Å². The summed E-state index contributed by atoms with van der Waals surface area (Å²) in [6, 6.07) is 3.18. The predicted molar refractivity (Wildman–Crippen MR) is 54.8 cm³/mol. The number of halogens is 2. The van der Waals surface area contributed by atoms with Crippen LogP contribution in [0.4, 0.5) is 4.39 Å². The van der Waals surface area contributed by atoms with Crippen LogP contribution in [0.25, 0.3) is 0 Å². The molecule has 0 heterocycles. The summed E-state index contributed by atoms with van der Waals surface area (Å²) in [6.07, 6.45) is 0. The van der Waals surface area contributed by atoms with Gasteiger partial charge in [0.05, 0.1) is 5.02 Å². The van der Waals surface area contributed by atoms with Gasteiger partial charge in [-0.1, -0.05) is 38.4 Å². The van der Waals surface area contributed by atoms with Gasteiger partial charge in [-0.25, -0.2) is 4.39 Å². The minimum absolute atomic E-state index is 0.219. The maximum atomic E-state index is 13.4. The number of benzene rings is 1. The van der Waals surface area contributed by atoms with Crippen LogP contribution < -0.4 is 0 Å². The molecule has 0 saturated heterocycles. The second kappa shape index (κ2) is 3.30. The van der Waals surface area contributed by atoms with E-state index in [1.807, 2.05) is 27.7 Å². The van der Waals surface area contributed by atoms with E-state index < -0.39 is 0 Å². The quantitative estimate of drug-likeness (QED) is 0.592. The number of rotatable bonds is 0. The van der Waals surface area contributed by atoms with Gasteiger partial charge in [-0.15, -0.1) is 0 Å². The van der Waals surface area contributed by atoms with E-state index in [9.17, 15) is 4.39 Å². The van der Waals surface area contributed by atoms with Crippen molar-refractivity contribution in [3.63, 3.8) is 0 Å². The largest absolute Gasteiger partial charge is 0.207 e. The number of aryl methyl sites for hydroxylation is 1. The second-order valence-electron chi connectivity index (χ2n) is 4.30. The Kier molecular flexibility index (Phi) is 2.67. The van der Waals surface area contributed by atoms with E-state index >= 15 is 0 Å². The molecule has 0 aliphatic carbocycles. The fourth-order valence-corrected chi connectivity index (χ4v) is 1.78. The Morgan fingerprint density at radius 1 is 1.23 bits per heavy atom. The average molecular weight is 201 g/mol. The molecule has 1 aromatic rings. The van der Waals surface area contributed by atoms with E-state index in [1.54, 1.807) is 6.07 Å². The first-order valence-electron chi connectivity index (χ1n) is 4.29. The normalized spacial score (nSPS) is 11.8. The van der Waals surface area contributed by atoms with Crippen molar-refractivity contribution in [3.8, 4) is 0 Å². The van der Waals surface area contributed by atoms with E-state index in [0.717, 1.165) is 5.56 Å². The molecule has 0 radical (unpaired) electrons. The van der Waals surface area contributed by atoms with E-state index in [0.29, 0.717) is 10.6 Å². The molecule has 0 aliphatic rings. The Balaban J connectivity index is 3.43. The number of hydrogen-bond acceptors (Lipinski definition) is 0. The molecular weight excluding hydrogens is 187 g/mol. The summed E-state index contributed by atoms with van der Waals surface area (Å²) in [6.45, 7) is 7.75. The van der Waals surface area contributed by atoms with Gasteiger partial charge in [0, 0.05) is 5.56 Å². The zero-order chi connectivity index (χ0) is 10.2. The molecule has 0 unspecified atom stereocenters. The Morgan fingerprint density at radius 3 is 2.15 bits per heavy atom. The molecule has 0 saturated carbocycles. The van der Waals surface area contributed by atoms with Gasteiger partial charge in [0.15, 0.2) is 0 Å². The van der Waals surface area contributed by atoms with Crippen LogP contribution in [0, 0.1) is 12.7 Å². The van der Waals surface area contributed by atoms with E-state index in [2.05, 4.69) is 0 Å². The molecule has 0 atom stereocenters. The van der Waals surface area contributed by atoms with Gasteiger partial charge in [-0.2, -0.15) is 0 Å². The summed E-state index contributed by atoms with van der Waals surface area (Å²) in [4.78, 5) is 0. The monoisotopic (exact) mass is 200 g/mol. The van der Waals surface area contributed by atoms with Crippen molar-refractivity contribution in [2.75, 3.05) is 0 Å². The molecule has 0 bridgehead atoms. The molecule has 2 heteroatoms. The molecule has 1 rings (SSSR count). The van der Waals surface area contributed by atoms with E-state index in [4.69, 9.17) is 11.6 Å². The van der Waals surface area contributed by atoms with Crippen molar-refractivity contribution < 1.29 is 4.39 Å². The van der Waals surface area contributed by atoms with Gasteiger partial charge in [-0.3, -0.25) is 0 Å². The SMILES string of the molecule is Cc1ccc(F)c(C(C)(C)C)c1Cl. The zero-order valence-electron chi connectivity index (χ0n) is 8.41. The zero-order valence-corrected chi connectivity index (χ0v) is 9.17. The van der Waals surface area contributed by atoms with Crippen LogP contribution in [0.2, 0.25) is 5.02 Å². The highest BCUT2D eigenvalue weighted by Crippen LogP contribution is 2.33. The fourth-order valence-electron chi connectivity index (χ4n) is 1.34. The molecular formula is C11H14ClF. The molecule has 0 spiro atoms. The molecule has 0 aromatic heterocycles. The summed E-state index contributed by atoms with van der Waals surface area (Å²) >= 11 is 6.04. The van der Waals surface area contributed by atoms with Crippen LogP contribution in [-0.2, 0) is 5.41 Å². The minimum Gasteiger partial charge on any atom is -0.207 e. The lowest BCUT2D eigenvalue weighted by Crippen LogP contribution is -2.14. The van der Waals surface area contributed by atoms with Gasteiger partial charge in [0.2, 0.25) is 0 Å². The highest BCUT2D eigenvalue weighted by molar-refractivity contribution is 6.32. The van der Waals surface area contributed by atoms with Gasteiger partial charge < -0.3 is 0 Å². The van der Waals surface area contributed by atoms with Crippen LogP contribution >= 0.6 is 11.6 Å². The lowest BCUT2D eigenvalue weighted by Gasteiger charge is -2.22. The number of hydrogen-bond donors (Lipinski definition) is 0. The van der Waals surface area contributed by atoms with Crippen molar-refractivity contribution in [2.45, 2.75) is 33.1 Å². The Hall–Kier alpha value is -0.560. The van der Waals surface area contributed by atoms with E-state index in [1.165, 1.54) is 6.07 Å². The highest BCUT2D eigenvalue weighted by atomic mass is 35.5. The van der Waals surface area contributed by atoms with Gasteiger partial charge in [0.1, 0.15) is 5.82 Å². The smallest absolute Gasteiger partial charge is 0.128 e. The maximum absolute atomic E-state index is 13.4. The molecule has 0 N–H and O–H groups in total. The van der Waals surface area contributed by atoms with E-state index in [-0.39, 0.29) is 11.2 Å². The Bertz CT molecular complexity index is 324. The highest BCUT2D eigenvalue weighted by Gasteiger charge is 2.22. The van der Waals surface area contributed by atoms with Gasteiger partial charge in [0.25, 0.3) is 0 Å². The van der Waals surface area contributed by atoms with Crippen molar-refractivity contribution in [1.29, 1.82) is 0 Å². The predicted octanol–water partition coefficient (Wildman–Crippen LogP) is 4.09. The summed E-state index contributed by atoms with van der Waals surface area (Å²) in [7, 11) is 0.